The van der Waals surface area contributed by atoms with Crippen molar-refractivity contribution in [1.82, 2.24) is 16.0 Å². The zero-order chi connectivity index (χ0) is 22.6. The van der Waals surface area contributed by atoms with Gasteiger partial charge in [-0.3, -0.25) is 9.79 Å². The number of hydrogen-bond acceptors (Lipinski definition) is 4. The molecule has 0 saturated carbocycles. The first-order valence-electron chi connectivity index (χ1n) is 9.93. The average Bonchev–Trinajstić information content (AvgIpc) is 2.77. The largest absolute Gasteiger partial charge is 0.490 e. The number of rotatable bonds is 10. The van der Waals surface area contributed by atoms with E-state index in [0.29, 0.717) is 36.7 Å². The van der Waals surface area contributed by atoms with Crippen LogP contribution in [0.3, 0.4) is 0 Å². The SMILES string of the molecule is CCOc1cccc(CNC(=NC)NCCc2cccc(C(=O)NC)c2)c1OC(F)F. The zero-order valence-corrected chi connectivity index (χ0v) is 17.9. The molecule has 0 aromatic heterocycles. The molecule has 9 heteroatoms. The maximum Gasteiger partial charge on any atom is 0.387 e. The highest BCUT2D eigenvalue weighted by Crippen LogP contribution is 2.32. The van der Waals surface area contributed by atoms with Crippen molar-refractivity contribution in [2.45, 2.75) is 26.5 Å². The molecule has 2 rings (SSSR count). The third-order valence-corrected chi connectivity index (χ3v) is 4.36. The average molecular weight is 434 g/mol. The number of guanidine groups is 1. The third-order valence-electron chi connectivity index (χ3n) is 4.36. The van der Waals surface area contributed by atoms with Gasteiger partial charge in [-0.2, -0.15) is 8.78 Å². The normalized spacial score (nSPS) is 11.2. The van der Waals surface area contributed by atoms with Crippen LogP contribution in [0.2, 0.25) is 0 Å². The lowest BCUT2D eigenvalue weighted by atomic mass is 10.1. The summed E-state index contributed by atoms with van der Waals surface area (Å²) < 4.78 is 35.8. The van der Waals surface area contributed by atoms with Crippen LogP contribution in [-0.4, -0.2) is 45.7 Å². The number of ether oxygens (including phenoxy) is 2. The van der Waals surface area contributed by atoms with Gasteiger partial charge in [0, 0.05) is 38.3 Å². The molecule has 0 aliphatic carbocycles. The van der Waals surface area contributed by atoms with E-state index in [1.807, 2.05) is 18.2 Å². The van der Waals surface area contributed by atoms with E-state index in [-0.39, 0.29) is 24.0 Å². The van der Waals surface area contributed by atoms with Crippen molar-refractivity contribution >= 4 is 11.9 Å². The Morgan fingerprint density at radius 1 is 1.16 bits per heavy atom. The number of nitrogens with one attached hydrogen (secondary N) is 3. The molecule has 2 aromatic rings. The van der Waals surface area contributed by atoms with E-state index in [2.05, 4.69) is 25.7 Å². The molecular formula is C22H28F2N4O3. The van der Waals surface area contributed by atoms with Crippen molar-refractivity contribution in [3.8, 4) is 11.5 Å². The molecule has 3 N–H and O–H groups in total. The minimum atomic E-state index is -2.96. The maximum atomic E-state index is 12.9. The van der Waals surface area contributed by atoms with Crippen molar-refractivity contribution in [2.24, 2.45) is 4.99 Å². The maximum absolute atomic E-state index is 12.9. The monoisotopic (exact) mass is 434 g/mol. The van der Waals surface area contributed by atoms with Crippen LogP contribution in [0.15, 0.2) is 47.5 Å². The molecule has 0 bridgehead atoms. The Morgan fingerprint density at radius 2 is 1.94 bits per heavy atom. The van der Waals surface area contributed by atoms with Gasteiger partial charge in [0.15, 0.2) is 17.5 Å². The highest BCUT2D eigenvalue weighted by molar-refractivity contribution is 5.94. The summed E-state index contributed by atoms with van der Waals surface area (Å²) in [4.78, 5) is 15.9. The van der Waals surface area contributed by atoms with Gasteiger partial charge in [0.25, 0.3) is 5.91 Å². The number of alkyl halides is 2. The van der Waals surface area contributed by atoms with Crippen LogP contribution in [0.4, 0.5) is 8.78 Å². The molecule has 0 spiro atoms. The summed E-state index contributed by atoms with van der Waals surface area (Å²) in [5.41, 5.74) is 2.12. The summed E-state index contributed by atoms with van der Waals surface area (Å²) in [5, 5.41) is 8.86. The number of benzene rings is 2. The van der Waals surface area contributed by atoms with E-state index < -0.39 is 6.61 Å². The van der Waals surface area contributed by atoms with E-state index in [9.17, 15) is 13.6 Å². The number of aliphatic imine (C=N–C) groups is 1. The fourth-order valence-corrected chi connectivity index (χ4v) is 2.93. The second kappa shape index (κ2) is 12.4. The highest BCUT2D eigenvalue weighted by Gasteiger charge is 2.16. The van der Waals surface area contributed by atoms with E-state index in [1.54, 1.807) is 45.3 Å². The number of halogens is 2. The van der Waals surface area contributed by atoms with Gasteiger partial charge in [0.1, 0.15) is 0 Å². The van der Waals surface area contributed by atoms with Crippen LogP contribution in [0.5, 0.6) is 11.5 Å². The van der Waals surface area contributed by atoms with Crippen molar-refractivity contribution in [1.29, 1.82) is 0 Å². The second-order valence-electron chi connectivity index (χ2n) is 6.44. The van der Waals surface area contributed by atoms with E-state index in [4.69, 9.17) is 4.74 Å². The Hall–Kier alpha value is -3.36. The molecule has 0 aliphatic rings. The third kappa shape index (κ3) is 7.44. The summed E-state index contributed by atoms with van der Waals surface area (Å²) in [6.07, 6.45) is 0.672. The molecule has 7 nitrogen and oxygen atoms in total. The van der Waals surface area contributed by atoms with Gasteiger partial charge < -0.3 is 25.4 Å². The number of carbonyl (C=O) groups is 1. The van der Waals surface area contributed by atoms with Gasteiger partial charge in [0.2, 0.25) is 0 Å². The quantitative estimate of drug-likeness (QED) is 0.396. The first-order valence-corrected chi connectivity index (χ1v) is 9.93. The molecule has 168 valence electrons. The molecule has 0 atom stereocenters. The summed E-state index contributed by atoms with van der Waals surface area (Å²) in [6, 6.07) is 12.4. The number of nitrogens with zero attached hydrogens (tertiary/aromatic N) is 1. The van der Waals surface area contributed by atoms with E-state index >= 15 is 0 Å². The predicted octanol–water partition coefficient (Wildman–Crippen LogP) is 2.95. The highest BCUT2D eigenvalue weighted by atomic mass is 19.3. The Kier molecular flexibility index (Phi) is 9.54. The number of hydrogen-bond donors (Lipinski definition) is 3. The zero-order valence-electron chi connectivity index (χ0n) is 17.9. The lowest BCUT2D eigenvalue weighted by Gasteiger charge is -2.17. The second-order valence-corrected chi connectivity index (χ2v) is 6.44. The molecule has 0 aliphatic heterocycles. The van der Waals surface area contributed by atoms with Gasteiger partial charge >= 0.3 is 6.61 Å². The molecule has 31 heavy (non-hydrogen) atoms. The van der Waals surface area contributed by atoms with Crippen molar-refractivity contribution < 1.29 is 23.0 Å². The molecule has 0 saturated heterocycles. The Bertz CT molecular complexity index is 891. The fraction of sp³-hybridized carbons (Fsp3) is 0.364. The summed E-state index contributed by atoms with van der Waals surface area (Å²) >= 11 is 0. The number of para-hydroxylation sites is 1. The van der Waals surface area contributed by atoms with Crippen molar-refractivity contribution in [2.75, 3.05) is 27.2 Å². The van der Waals surface area contributed by atoms with Gasteiger partial charge in [-0.25, -0.2) is 0 Å². The standard InChI is InChI=1S/C22H28F2N4O3/c1-4-30-18-10-6-9-17(19(18)31-21(23)24)14-28-22(26-3)27-12-11-15-7-5-8-16(13-15)20(29)25-2/h5-10,13,21H,4,11-12,14H2,1-3H3,(H,25,29)(H2,26,27,28). The lowest BCUT2D eigenvalue weighted by Crippen LogP contribution is -2.38. The van der Waals surface area contributed by atoms with E-state index in [0.717, 1.165) is 5.56 Å². The number of carbonyl (C=O) groups excluding carboxylic acids is 1. The minimum absolute atomic E-state index is 0.00770. The topological polar surface area (TPSA) is 84.0 Å². The molecule has 0 fully saturated rings. The number of amides is 1. The Labute approximate surface area is 180 Å². The molecule has 0 heterocycles. The first-order chi connectivity index (χ1) is 15.0. The molecule has 0 radical (unpaired) electrons. The van der Waals surface area contributed by atoms with Crippen LogP contribution in [0.25, 0.3) is 0 Å². The van der Waals surface area contributed by atoms with E-state index in [1.165, 1.54) is 0 Å². The van der Waals surface area contributed by atoms with Crippen LogP contribution < -0.4 is 25.4 Å². The molecule has 0 unspecified atom stereocenters. The Morgan fingerprint density at radius 3 is 2.61 bits per heavy atom. The van der Waals surface area contributed by atoms with Crippen LogP contribution in [0.1, 0.15) is 28.4 Å². The summed E-state index contributed by atoms with van der Waals surface area (Å²) in [6.45, 7) is -0.0673. The van der Waals surface area contributed by atoms with Gasteiger partial charge in [-0.1, -0.05) is 24.3 Å². The fourth-order valence-electron chi connectivity index (χ4n) is 2.93. The minimum Gasteiger partial charge on any atom is -0.490 e. The molecular weight excluding hydrogens is 406 g/mol. The van der Waals surface area contributed by atoms with Gasteiger partial charge in [0.05, 0.1) is 6.61 Å². The molecule has 2 aromatic carbocycles. The van der Waals surface area contributed by atoms with Crippen LogP contribution >= 0.6 is 0 Å². The summed E-state index contributed by atoms with van der Waals surface area (Å²) in [7, 11) is 3.21. The Balaban J connectivity index is 1.96. The first kappa shape index (κ1) is 23.9. The van der Waals surface area contributed by atoms with Gasteiger partial charge in [-0.15, -0.1) is 0 Å². The summed E-state index contributed by atoms with van der Waals surface area (Å²) in [5.74, 6) is 0.644. The molecule has 1 amide bonds. The van der Waals surface area contributed by atoms with Crippen LogP contribution in [0, 0.1) is 0 Å². The van der Waals surface area contributed by atoms with Crippen molar-refractivity contribution in [3.05, 3.63) is 59.2 Å². The predicted molar refractivity (Wildman–Crippen MR) is 116 cm³/mol. The van der Waals surface area contributed by atoms with Crippen LogP contribution in [-0.2, 0) is 13.0 Å². The lowest BCUT2D eigenvalue weighted by molar-refractivity contribution is -0.0520. The van der Waals surface area contributed by atoms with Crippen molar-refractivity contribution in [3.63, 3.8) is 0 Å². The van der Waals surface area contributed by atoms with Gasteiger partial charge in [-0.05, 0) is 37.1 Å². The smallest absolute Gasteiger partial charge is 0.387 e.